The average molecular weight is 327 g/mol. The zero-order chi connectivity index (χ0) is 15.5. The summed E-state index contributed by atoms with van der Waals surface area (Å²) in [4.78, 5) is 19.0. The van der Waals surface area contributed by atoms with Crippen molar-refractivity contribution in [2.45, 2.75) is 6.42 Å². The monoisotopic (exact) mass is 326 g/mol. The van der Waals surface area contributed by atoms with Gasteiger partial charge in [0.25, 0.3) is 5.69 Å². The van der Waals surface area contributed by atoms with E-state index in [1.165, 1.54) is 12.3 Å². The molecule has 2 saturated heterocycles. The zero-order valence-corrected chi connectivity index (χ0v) is 13.0. The lowest BCUT2D eigenvalue weighted by molar-refractivity contribution is -0.385. The lowest BCUT2D eigenvalue weighted by Crippen LogP contribution is -2.39. The summed E-state index contributed by atoms with van der Waals surface area (Å²) in [6, 6.07) is 1.37. The molecule has 8 heteroatoms. The predicted molar refractivity (Wildman–Crippen MR) is 83.5 cm³/mol. The van der Waals surface area contributed by atoms with Gasteiger partial charge < -0.3 is 9.64 Å². The topological polar surface area (TPSA) is 71.7 Å². The van der Waals surface area contributed by atoms with Crippen molar-refractivity contribution in [3.63, 3.8) is 0 Å². The highest BCUT2D eigenvalue weighted by Gasteiger charge is 2.27. The molecule has 120 valence electrons. The number of rotatable bonds is 4. The molecule has 0 aromatic carbocycles. The molecule has 0 N–H and O–H groups in total. The Balaban J connectivity index is 1.61. The van der Waals surface area contributed by atoms with Gasteiger partial charge in [-0.1, -0.05) is 11.6 Å². The molecule has 0 bridgehead atoms. The second kappa shape index (κ2) is 6.76. The van der Waals surface area contributed by atoms with Crippen molar-refractivity contribution >= 4 is 23.1 Å². The average Bonchev–Trinajstić information content (AvgIpc) is 2.96. The van der Waals surface area contributed by atoms with Crippen LogP contribution in [-0.2, 0) is 4.74 Å². The van der Waals surface area contributed by atoms with Crippen molar-refractivity contribution in [3.8, 4) is 0 Å². The fraction of sp³-hybridized carbons (Fsp3) is 0.643. The van der Waals surface area contributed by atoms with Crippen molar-refractivity contribution < 1.29 is 9.66 Å². The Morgan fingerprint density at radius 1 is 1.41 bits per heavy atom. The molecule has 0 spiro atoms. The molecular weight excluding hydrogens is 308 g/mol. The molecule has 0 amide bonds. The molecule has 0 saturated carbocycles. The van der Waals surface area contributed by atoms with Crippen LogP contribution in [0, 0.1) is 16.0 Å². The second-order valence-corrected chi connectivity index (χ2v) is 6.18. The highest BCUT2D eigenvalue weighted by molar-refractivity contribution is 6.33. The predicted octanol–water partition coefficient (Wildman–Crippen LogP) is 1.80. The van der Waals surface area contributed by atoms with Crippen LogP contribution in [0.4, 0.5) is 11.5 Å². The van der Waals surface area contributed by atoms with Gasteiger partial charge in [-0.25, -0.2) is 4.98 Å². The van der Waals surface area contributed by atoms with E-state index in [-0.39, 0.29) is 5.69 Å². The van der Waals surface area contributed by atoms with Gasteiger partial charge in [0.05, 0.1) is 23.2 Å². The molecule has 2 aliphatic heterocycles. The smallest absolute Gasteiger partial charge is 0.289 e. The Morgan fingerprint density at radius 3 is 2.86 bits per heavy atom. The lowest BCUT2D eigenvalue weighted by Gasteiger charge is -2.29. The van der Waals surface area contributed by atoms with E-state index < -0.39 is 4.92 Å². The summed E-state index contributed by atoms with van der Waals surface area (Å²) < 4.78 is 5.37. The minimum absolute atomic E-state index is 0.0715. The number of ether oxygens (including phenoxy) is 1. The standard InChI is InChI=1S/C14H19ClN4O3/c15-13-7-12(19(20)21)8-16-14(13)18-2-1-11(10-18)9-17-3-5-22-6-4-17/h7-8,11H,1-6,9-10H2/t11-/m0/s1. The molecule has 7 nitrogen and oxygen atoms in total. The highest BCUT2D eigenvalue weighted by Crippen LogP contribution is 2.31. The van der Waals surface area contributed by atoms with Gasteiger partial charge in [0.15, 0.2) is 0 Å². The molecule has 2 fully saturated rings. The lowest BCUT2D eigenvalue weighted by atomic mass is 10.1. The molecule has 1 aromatic heterocycles. The molecule has 0 unspecified atom stereocenters. The molecular formula is C14H19ClN4O3. The van der Waals surface area contributed by atoms with E-state index in [9.17, 15) is 10.1 Å². The van der Waals surface area contributed by atoms with Gasteiger partial charge in [0.2, 0.25) is 0 Å². The molecule has 0 radical (unpaired) electrons. The number of pyridine rings is 1. The zero-order valence-electron chi connectivity index (χ0n) is 12.3. The molecule has 3 rings (SSSR count). The van der Waals surface area contributed by atoms with Gasteiger partial charge in [-0.15, -0.1) is 0 Å². The SMILES string of the molecule is O=[N+]([O-])c1cnc(N2CC[C@@H](CN3CCOCC3)C2)c(Cl)c1. The van der Waals surface area contributed by atoms with Crippen molar-refractivity contribution in [3.05, 3.63) is 27.4 Å². The van der Waals surface area contributed by atoms with Crippen LogP contribution in [0.5, 0.6) is 0 Å². The van der Waals surface area contributed by atoms with Crippen LogP contribution in [0.15, 0.2) is 12.3 Å². The molecule has 0 aliphatic carbocycles. The first-order valence-electron chi connectivity index (χ1n) is 7.48. The van der Waals surface area contributed by atoms with Gasteiger partial charge in [0, 0.05) is 38.8 Å². The number of hydrogen-bond acceptors (Lipinski definition) is 6. The first-order valence-corrected chi connectivity index (χ1v) is 7.86. The minimum atomic E-state index is -0.478. The third-order valence-corrected chi connectivity index (χ3v) is 4.50. The molecule has 3 heterocycles. The number of anilines is 1. The number of aromatic nitrogens is 1. The number of nitrogens with zero attached hydrogens (tertiary/aromatic N) is 4. The van der Waals surface area contributed by atoms with Gasteiger partial charge in [0.1, 0.15) is 12.0 Å². The fourth-order valence-electron chi connectivity index (χ4n) is 3.08. The summed E-state index contributed by atoms with van der Waals surface area (Å²) in [5, 5.41) is 11.1. The number of nitro groups is 1. The van der Waals surface area contributed by atoms with E-state index >= 15 is 0 Å². The van der Waals surface area contributed by atoms with Crippen LogP contribution in [0.1, 0.15) is 6.42 Å². The summed E-state index contributed by atoms with van der Waals surface area (Å²) in [5.41, 5.74) is -0.0715. The Hall–Kier alpha value is -1.44. The Kier molecular flexibility index (Phi) is 4.75. The van der Waals surface area contributed by atoms with Crippen LogP contribution >= 0.6 is 11.6 Å². The van der Waals surface area contributed by atoms with Crippen molar-refractivity contribution in [1.29, 1.82) is 0 Å². The normalized spacial score (nSPS) is 23.0. The maximum atomic E-state index is 10.7. The second-order valence-electron chi connectivity index (χ2n) is 5.77. The van der Waals surface area contributed by atoms with Crippen molar-refractivity contribution in [2.75, 3.05) is 50.8 Å². The van der Waals surface area contributed by atoms with Gasteiger partial charge >= 0.3 is 0 Å². The maximum absolute atomic E-state index is 10.7. The van der Waals surface area contributed by atoms with Crippen LogP contribution in [0.2, 0.25) is 5.02 Å². The minimum Gasteiger partial charge on any atom is -0.379 e. The third-order valence-electron chi connectivity index (χ3n) is 4.22. The largest absolute Gasteiger partial charge is 0.379 e. The molecule has 1 aromatic rings. The molecule has 22 heavy (non-hydrogen) atoms. The number of halogens is 1. The fourth-order valence-corrected chi connectivity index (χ4v) is 3.36. The number of hydrogen-bond donors (Lipinski definition) is 0. The van der Waals surface area contributed by atoms with Crippen LogP contribution in [0.25, 0.3) is 0 Å². The van der Waals surface area contributed by atoms with Crippen LogP contribution in [-0.4, -0.2) is 60.7 Å². The molecule has 2 aliphatic rings. The summed E-state index contributed by atoms with van der Waals surface area (Å²) in [6.45, 7) is 6.45. The summed E-state index contributed by atoms with van der Waals surface area (Å²) in [7, 11) is 0. The number of morpholine rings is 1. The van der Waals surface area contributed by atoms with E-state index in [4.69, 9.17) is 16.3 Å². The summed E-state index contributed by atoms with van der Waals surface area (Å²) in [6.07, 6.45) is 2.36. The highest BCUT2D eigenvalue weighted by atomic mass is 35.5. The third kappa shape index (κ3) is 3.48. The Labute approximate surface area is 134 Å². The van der Waals surface area contributed by atoms with E-state index in [1.54, 1.807) is 0 Å². The van der Waals surface area contributed by atoms with E-state index in [2.05, 4.69) is 14.8 Å². The van der Waals surface area contributed by atoms with Gasteiger partial charge in [-0.05, 0) is 12.3 Å². The Morgan fingerprint density at radius 2 is 2.18 bits per heavy atom. The van der Waals surface area contributed by atoms with Gasteiger partial charge in [-0.3, -0.25) is 15.0 Å². The van der Waals surface area contributed by atoms with Crippen molar-refractivity contribution in [2.24, 2.45) is 5.92 Å². The summed E-state index contributed by atoms with van der Waals surface area (Å²) >= 11 is 6.16. The maximum Gasteiger partial charge on any atom is 0.289 e. The Bertz CT molecular complexity index is 551. The first kappa shape index (κ1) is 15.5. The summed E-state index contributed by atoms with van der Waals surface area (Å²) in [5.74, 6) is 1.22. The molecule has 1 atom stereocenters. The van der Waals surface area contributed by atoms with Crippen molar-refractivity contribution in [1.82, 2.24) is 9.88 Å². The van der Waals surface area contributed by atoms with Crippen LogP contribution in [0.3, 0.4) is 0 Å². The van der Waals surface area contributed by atoms with E-state index in [0.29, 0.717) is 16.8 Å². The van der Waals surface area contributed by atoms with Crippen LogP contribution < -0.4 is 4.90 Å². The first-order chi connectivity index (χ1) is 10.6. The van der Waals surface area contributed by atoms with Gasteiger partial charge in [-0.2, -0.15) is 0 Å². The van der Waals surface area contributed by atoms with E-state index in [0.717, 1.165) is 52.4 Å². The van der Waals surface area contributed by atoms with E-state index in [1.807, 2.05) is 0 Å². The quantitative estimate of drug-likeness (QED) is 0.620.